The number of fused-ring (bicyclic) bond motifs is 5. The number of nitrogens with one attached hydrogen (secondary N) is 2. The van der Waals surface area contributed by atoms with Crippen molar-refractivity contribution in [3.05, 3.63) is 83.4 Å². The molecule has 0 unspecified atom stereocenters. The van der Waals surface area contributed by atoms with E-state index in [-0.39, 0.29) is 18.2 Å². The normalized spacial score (nSPS) is 14.6. The van der Waals surface area contributed by atoms with Crippen LogP contribution < -0.4 is 15.4 Å². The second-order valence-electron chi connectivity index (χ2n) is 12.2. The number of unbranched alkanes of at least 4 members (excludes halogenated alkanes) is 2. The van der Waals surface area contributed by atoms with E-state index in [1.54, 1.807) is 24.3 Å². The lowest BCUT2D eigenvalue weighted by atomic mass is 9.81. The van der Waals surface area contributed by atoms with E-state index in [9.17, 15) is 14.4 Å². The average Bonchev–Trinajstić information content (AvgIpc) is 3.24. The number of rotatable bonds is 11. The second-order valence-corrected chi connectivity index (χ2v) is 12.2. The molecule has 1 aliphatic carbocycles. The summed E-state index contributed by atoms with van der Waals surface area (Å²) < 4.78 is 8.53. The molecule has 6 rings (SSSR count). The molecule has 1 aliphatic heterocycles. The maximum Gasteiger partial charge on any atom is 0.307 e. The minimum atomic E-state index is -0.885. The molecule has 45 heavy (non-hydrogen) atoms. The summed E-state index contributed by atoms with van der Waals surface area (Å²) in [7, 11) is 0. The van der Waals surface area contributed by atoms with Crippen LogP contribution in [-0.4, -0.2) is 40.6 Å². The van der Waals surface area contributed by atoms with Crippen molar-refractivity contribution >= 4 is 34.4 Å². The van der Waals surface area contributed by atoms with Gasteiger partial charge in [-0.25, -0.2) is 0 Å². The number of carboxylic acid groups (broad SMARTS) is 1. The number of ether oxygens (including phenoxy) is 1. The Morgan fingerprint density at radius 1 is 0.911 bits per heavy atom. The zero-order valence-electron chi connectivity index (χ0n) is 25.6. The number of benzene rings is 3. The highest BCUT2D eigenvalue weighted by Crippen LogP contribution is 2.47. The van der Waals surface area contributed by atoms with Crippen LogP contribution in [-0.2, 0) is 22.6 Å². The fraction of sp³-hybridized carbons (Fsp3) is 0.378. The number of hydrogen-bond acceptors (Lipinski definition) is 4. The van der Waals surface area contributed by atoms with E-state index in [4.69, 9.17) is 9.84 Å². The number of aromatic nitrogens is 1. The number of aliphatic carboxylic acids is 1. The summed E-state index contributed by atoms with van der Waals surface area (Å²) in [4.78, 5) is 36.4. The first-order valence-electron chi connectivity index (χ1n) is 16.2. The Balaban J connectivity index is 1.06. The third-order valence-electron chi connectivity index (χ3n) is 9.05. The van der Waals surface area contributed by atoms with E-state index in [1.165, 1.54) is 48.7 Å². The molecule has 8 heteroatoms. The van der Waals surface area contributed by atoms with E-state index in [1.807, 2.05) is 18.2 Å². The number of nitrogens with zero attached hydrogens (tertiary/aromatic N) is 1. The molecule has 1 saturated carbocycles. The molecule has 0 bridgehead atoms. The molecule has 0 radical (unpaired) electrons. The summed E-state index contributed by atoms with van der Waals surface area (Å²) in [6.45, 7) is 1.87. The van der Waals surface area contributed by atoms with Gasteiger partial charge in [0.15, 0.2) is 0 Å². The van der Waals surface area contributed by atoms with Crippen LogP contribution in [0.25, 0.3) is 22.2 Å². The number of carboxylic acids is 1. The smallest absolute Gasteiger partial charge is 0.307 e. The van der Waals surface area contributed by atoms with Gasteiger partial charge in [-0.3, -0.25) is 14.4 Å². The van der Waals surface area contributed by atoms with Crippen LogP contribution in [0.3, 0.4) is 0 Å². The van der Waals surface area contributed by atoms with E-state index in [2.05, 4.69) is 39.5 Å². The Kier molecular flexibility index (Phi) is 9.48. The molecule has 4 aromatic rings. The number of carbonyl (C=O) groups is 3. The Hall–Kier alpha value is -4.59. The molecular formula is C37H41N3O5. The highest BCUT2D eigenvalue weighted by atomic mass is 16.5. The van der Waals surface area contributed by atoms with Gasteiger partial charge in [-0.05, 0) is 79.1 Å². The van der Waals surface area contributed by atoms with Crippen molar-refractivity contribution in [1.82, 2.24) is 9.88 Å². The molecule has 3 aromatic carbocycles. The van der Waals surface area contributed by atoms with Crippen LogP contribution in [0.2, 0.25) is 0 Å². The van der Waals surface area contributed by atoms with E-state index >= 15 is 0 Å². The minimum absolute atomic E-state index is 0.0420. The highest BCUT2D eigenvalue weighted by Gasteiger charge is 2.29. The van der Waals surface area contributed by atoms with Crippen molar-refractivity contribution < 1.29 is 24.2 Å². The summed E-state index contributed by atoms with van der Waals surface area (Å²) in [5.41, 5.74) is 6.90. The predicted molar refractivity (Wildman–Crippen MR) is 176 cm³/mol. The third kappa shape index (κ3) is 7.06. The molecule has 2 heterocycles. The van der Waals surface area contributed by atoms with Gasteiger partial charge >= 0.3 is 5.97 Å². The maximum absolute atomic E-state index is 13.2. The fourth-order valence-electron chi connectivity index (χ4n) is 6.88. The van der Waals surface area contributed by atoms with E-state index in [0.717, 1.165) is 36.2 Å². The SMILES string of the molecule is O=C(O)Cc1ccc(NC(=O)CCCCCNC(=O)c2ccc3c(C4CCCCC4)c4n(c3c2)CCOc2ccccc2-4)cc1. The maximum atomic E-state index is 13.2. The Morgan fingerprint density at radius 2 is 1.71 bits per heavy atom. The van der Waals surface area contributed by atoms with Crippen molar-refractivity contribution in [3.8, 4) is 17.0 Å². The van der Waals surface area contributed by atoms with E-state index < -0.39 is 5.97 Å². The topological polar surface area (TPSA) is 110 Å². The van der Waals surface area contributed by atoms with Crippen LogP contribution in [0.1, 0.15) is 85.2 Å². The first-order valence-corrected chi connectivity index (χ1v) is 16.2. The molecule has 8 nitrogen and oxygen atoms in total. The van der Waals surface area contributed by atoms with Gasteiger partial charge in [0.2, 0.25) is 5.91 Å². The van der Waals surface area contributed by atoms with Crippen molar-refractivity contribution in [2.75, 3.05) is 18.5 Å². The third-order valence-corrected chi connectivity index (χ3v) is 9.05. The lowest BCUT2D eigenvalue weighted by molar-refractivity contribution is -0.136. The van der Waals surface area contributed by atoms with Crippen LogP contribution in [0.4, 0.5) is 5.69 Å². The van der Waals surface area contributed by atoms with Gasteiger partial charge in [0.1, 0.15) is 12.4 Å². The fourth-order valence-corrected chi connectivity index (χ4v) is 6.88. The molecule has 1 fully saturated rings. The molecule has 0 spiro atoms. The number of para-hydroxylation sites is 1. The quantitative estimate of drug-likeness (QED) is 0.155. The predicted octanol–water partition coefficient (Wildman–Crippen LogP) is 7.30. The van der Waals surface area contributed by atoms with Gasteiger partial charge in [-0.2, -0.15) is 0 Å². The molecule has 0 saturated heterocycles. The molecular weight excluding hydrogens is 566 g/mol. The van der Waals surface area contributed by atoms with Gasteiger partial charge in [-0.1, -0.05) is 56.0 Å². The van der Waals surface area contributed by atoms with E-state index in [0.29, 0.717) is 48.7 Å². The summed E-state index contributed by atoms with van der Waals surface area (Å²) >= 11 is 0. The van der Waals surface area contributed by atoms with Gasteiger partial charge in [0.25, 0.3) is 5.91 Å². The summed E-state index contributed by atoms with van der Waals surface area (Å²) in [5, 5.41) is 16.1. The lowest BCUT2D eigenvalue weighted by Crippen LogP contribution is -2.24. The average molecular weight is 608 g/mol. The van der Waals surface area contributed by atoms with Crippen molar-refractivity contribution in [3.63, 3.8) is 0 Å². The Labute approximate surface area is 263 Å². The zero-order chi connectivity index (χ0) is 31.2. The molecule has 2 amide bonds. The van der Waals surface area contributed by atoms with Crippen LogP contribution in [0, 0.1) is 0 Å². The summed E-state index contributed by atoms with van der Waals surface area (Å²) in [6.07, 6.45) is 8.86. The van der Waals surface area contributed by atoms with Crippen LogP contribution >= 0.6 is 0 Å². The first-order chi connectivity index (χ1) is 22.0. The van der Waals surface area contributed by atoms with Gasteiger partial charge in [0, 0.05) is 40.7 Å². The number of anilines is 1. The minimum Gasteiger partial charge on any atom is -0.491 e. The monoisotopic (exact) mass is 607 g/mol. The Morgan fingerprint density at radius 3 is 2.51 bits per heavy atom. The molecule has 234 valence electrons. The van der Waals surface area contributed by atoms with Crippen LogP contribution in [0.5, 0.6) is 5.75 Å². The zero-order valence-corrected chi connectivity index (χ0v) is 25.6. The Bertz CT molecular complexity index is 1680. The molecule has 2 aliphatic rings. The van der Waals surface area contributed by atoms with Gasteiger partial charge in [0.05, 0.1) is 18.7 Å². The number of hydrogen-bond donors (Lipinski definition) is 3. The van der Waals surface area contributed by atoms with Crippen molar-refractivity contribution in [1.29, 1.82) is 0 Å². The molecule has 3 N–H and O–H groups in total. The second kappa shape index (κ2) is 14.0. The van der Waals surface area contributed by atoms with Gasteiger partial charge in [-0.15, -0.1) is 0 Å². The molecule has 1 aromatic heterocycles. The number of amides is 2. The van der Waals surface area contributed by atoms with Crippen molar-refractivity contribution in [2.45, 2.75) is 76.7 Å². The molecule has 0 atom stereocenters. The van der Waals surface area contributed by atoms with Gasteiger partial charge < -0.3 is 25.0 Å². The van der Waals surface area contributed by atoms with Crippen molar-refractivity contribution in [2.24, 2.45) is 0 Å². The van der Waals surface area contributed by atoms with Crippen LogP contribution in [0.15, 0.2) is 66.7 Å². The highest BCUT2D eigenvalue weighted by molar-refractivity contribution is 6.01. The summed E-state index contributed by atoms with van der Waals surface area (Å²) in [6, 6.07) is 21.3. The largest absolute Gasteiger partial charge is 0.491 e. The lowest BCUT2D eigenvalue weighted by Gasteiger charge is -2.23. The standard InChI is InChI=1S/C37H41N3O5/c41-33(39-28-17-14-25(15-18-28)23-34(42)43)13-5-2-8-20-38-37(44)27-16-19-29-31(24-27)40-21-22-45-32-12-7-6-11-30(32)36(40)35(29)26-9-3-1-4-10-26/h6-7,11-12,14-19,24,26H,1-5,8-10,13,20-23H2,(H,38,44)(H,39,41)(H,42,43). The first kappa shape index (κ1) is 30.4. The number of carbonyl (C=O) groups excluding carboxylic acids is 2. The summed E-state index contributed by atoms with van der Waals surface area (Å²) in [5.74, 6) is 0.392.